The molecule has 176 valence electrons. The van der Waals surface area contributed by atoms with Crippen LogP contribution in [-0.4, -0.2) is 41.5 Å². The lowest BCUT2D eigenvalue weighted by Gasteiger charge is -2.35. The Morgan fingerprint density at radius 1 is 0.848 bits per heavy atom. The number of para-hydroxylation sites is 1. The molecule has 0 spiro atoms. The monoisotopic (exact) mass is 483 g/mol. The molecule has 4 N–H and O–H groups in total. The summed E-state index contributed by atoms with van der Waals surface area (Å²) in [6.07, 6.45) is 3.57. The fourth-order valence-electron chi connectivity index (χ4n) is 3.93. The lowest BCUT2D eigenvalue weighted by Crippen LogP contribution is -2.46. The van der Waals surface area contributed by atoms with E-state index in [-0.39, 0.29) is 12.5 Å². The summed E-state index contributed by atoms with van der Waals surface area (Å²) in [7, 11) is 0. The third kappa shape index (κ3) is 6.55. The van der Waals surface area contributed by atoms with Gasteiger partial charge in [-0.3, -0.25) is 0 Å². The van der Waals surface area contributed by atoms with Gasteiger partial charge < -0.3 is 20.7 Å². The molecule has 0 fully saturated rings. The van der Waals surface area contributed by atoms with Gasteiger partial charge in [-0.05, 0) is 72.4 Å². The van der Waals surface area contributed by atoms with Gasteiger partial charge >= 0.3 is 0 Å². The normalized spacial score (nSPS) is 14.5. The summed E-state index contributed by atoms with van der Waals surface area (Å²) in [5.74, 6) is 0.514. The van der Waals surface area contributed by atoms with Crippen molar-refractivity contribution >= 4 is 23.5 Å². The minimum Gasteiger partial charge on any atom is -0.491 e. The zero-order valence-electron chi connectivity index (χ0n) is 19.3. The molecule has 0 saturated heterocycles. The molecule has 6 heteroatoms. The van der Waals surface area contributed by atoms with Crippen molar-refractivity contribution < 1.29 is 14.9 Å². The third-order valence-electron chi connectivity index (χ3n) is 6.02. The fourth-order valence-corrected chi connectivity index (χ4v) is 4.74. The Balaban J connectivity index is 1.80. The molecule has 0 heterocycles. The van der Waals surface area contributed by atoms with Crippen LogP contribution in [0.3, 0.4) is 0 Å². The van der Waals surface area contributed by atoms with Crippen LogP contribution in [0.25, 0.3) is 0 Å². The van der Waals surface area contributed by atoms with Gasteiger partial charge in [-0.1, -0.05) is 49.4 Å². The number of thioether (sulfide) groups is 2. The summed E-state index contributed by atoms with van der Waals surface area (Å²) >= 11 is 3.33. The molecule has 33 heavy (non-hydrogen) atoms. The highest BCUT2D eigenvalue weighted by molar-refractivity contribution is 7.98. The van der Waals surface area contributed by atoms with Gasteiger partial charge in [0.1, 0.15) is 24.1 Å². The maximum atomic E-state index is 12.0. The average Bonchev–Trinajstić information content (AvgIpc) is 2.87. The Kier molecular flexibility index (Phi) is 9.29. The van der Waals surface area contributed by atoms with Gasteiger partial charge in [0.15, 0.2) is 0 Å². The Labute approximate surface area is 205 Å². The van der Waals surface area contributed by atoms with Gasteiger partial charge in [-0.2, -0.15) is 0 Å². The zero-order valence-corrected chi connectivity index (χ0v) is 21.0. The van der Waals surface area contributed by atoms with Crippen LogP contribution in [0.15, 0.2) is 88.7 Å². The van der Waals surface area contributed by atoms with Crippen LogP contribution in [0, 0.1) is 5.92 Å². The molecule has 3 aromatic carbocycles. The van der Waals surface area contributed by atoms with E-state index in [1.165, 1.54) is 0 Å². The lowest BCUT2D eigenvalue weighted by molar-refractivity contribution is 0.0235. The molecule has 0 aliphatic rings. The van der Waals surface area contributed by atoms with Crippen LogP contribution < -0.4 is 10.5 Å². The smallest absolute Gasteiger partial charge is 0.119 e. The molecule has 3 atom stereocenters. The predicted molar refractivity (Wildman–Crippen MR) is 139 cm³/mol. The van der Waals surface area contributed by atoms with E-state index in [0.717, 1.165) is 20.9 Å². The molecule has 0 saturated carbocycles. The summed E-state index contributed by atoms with van der Waals surface area (Å²) in [5.41, 5.74) is 6.82. The lowest BCUT2D eigenvalue weighted by atomic mass is 9.77. The second-order valence-electron chi connectivity index (χ2n) is 8.27. The second-order valence-corrected chi connectivity index (χ2v) is 10.0. The first-order valence-corrected chi connectivity index (χ1v) is 13.4. The van der Waals surface area contributed by atoms with E-state index in [9.17, 15) is 10.2 Å². The highest BCUT2D eigenvalue weighted by Gasteiger charge is 2.36. The van der Waals surface area contributed by atoms with E-state index < -0.39 is 17.7 Å². The molecule has 0 amide bonds. The van der Waals surface area contributed by atoms with E-state index in [2.05, 4.69) is 0 Å². The van der Waals surface area contributed by atoms with Crippen LogP contribution in [0.5, 0.6) is 5.75 Å². The number of hydrogen-bond donors (Lipinski definition) is 3. The first-order chi connectivity index (χ1) is 15.9. The predicted octanol–water partition coefficient (Wildman–Crippen LogP) is 5.16. The van der Waals surface area contributed by atoms with E-state index in [0.29, 0.717) is 12.2 Å². The van der Waals surface area contributed by atoms with Crippen LogP contribution in [0.4, 0.5) is 0 Å². The number of benzene rings is 3. The summed E-state index contributed by atoms with van der Waals surface area (Å²) in [6.45, 7) is 2.06. The molecular formula is C27H33NO3S2. The maximum Gasteiger partial charge on any atom is 0.119 e. The van der Waals surface area contributed by atoms with Crippen molar-refractivity contribution in [3.8, 4) is 5.75 Å². The van der Waals surface area contributed by atoms with Crippen molar-refractivity contribution in [3.63, 3.8) is 0 Å². The largest absolute Gasteiger partial charge is 0.491 e. The minimum absolute atomic E-state index is 0.0960. The first kappa shape index (κ1) is 25.7. The van der Waals surface area contributed by atoms with E-state index in [1.807, 2.05) is 98.3 Å². The number of aliphatic hydroxyl groups excluding tert-OH is 1. The van der Waals surface area contributed by atoms with E-state index in [4.69, 9.17) is 10.5 Å². The minimum atomic E-state index is -1.23. The maximum absolute atomic E-state index is 12.0. The first-order valence-electron chi connectivity index (χ1n) is 11.0. The molecule has 0 bridgehead atoms. The van der Waals surface area contributed by atoms with Crippen molar-refractivity contribution in [2.24, 2.45) is 11.7 Å². The van der Waals surface area contributed by atoms with Gasteiger partial charge in [-0.15, -0.1) is 23.5 Å². The topological polar surface area (TPSA) is 75.7 Å². The number of aliphatic hydroxyl groups is 2. The molecule has 3 rings (SSSR count). The van der Waals surface area contributed by atoms with Gasteiger partial charge in [-0.25, -0.2) is 0 Å². The van der Waals surface area contributed by atoms with Gasteiger partial charge in [0.2, 0.25) is 0 Å². The van der Waals surface area contributed by atoms with Crippen LogP contribution in [0.2, 0.25) is 0 Å². The molecule has 0 aromatic heterocycles. The molecular weight excluding hydrogens is 450 g/mol. The Hall–Kier alpha value is -1.96. The second kappa shape index (κ2) is 12.0. The van der Waals surface area contributed by atoms with Crippen LogP contribution in [-0.2, 0) is 5.60 Å². The highest BCUT2D eigenvalue weighted by Crippen LogP contribution is 2.38. The number of rotatable bonds is 11. The Bertz CT molecular complexity index is 933. The van der Waals surface area contributed by atoms with Crippen molar-refractivity contribution in [3.05, 3.63) is 90.0 Å². The van der Waals surface area contributed by atoms with Gasteiger partial charge in [0.05, 0.1) is 0 Å². The van der Waals surface area contributed by atoms with E-state index in [1.54, 1.807) is 23.5 Å². The van der Waals surface area contributed by atoms with Gasteiger partial charge in [0, 0.05) is 15.8 Å². The molecule has 2 unspecified atom stereocenters. The van der Waals surface area contributed by atoms with Crippen LogP contribution >= 0.6 is 23.5 Å². The average molecular weight is 484 g/mol. The third-order valence-corrected chi connectivity index (χ3v) is 7.51. The molecule has 0 radical (unpaired) electrons. The SMILES string of the molecule is CSc1ccc(C(O)(CC(C)C(N)[C@@H](O)COc2ccccc2)c2ccc(SC)cc2)cc1. The van der Waals surface area contributed by atoms with Crippen molar-refractivity contribution in [2.75, 3.05) is 19.1 Å². The van der Waals surface area contributed by atoms with Crippen molar-refractivity contribution in [1.82, 2.24) is 0 Å². The van der Waals surface area contributed by atoms with Crippen LogP contribution in [0.1, 0.15) is 24.5 Å². The van der Waals surface area contributed by atoms with Crippen molar-refractivity contribution in [2.45, 2.75) is 40.9 Å². The number of nitrogens with two attached hydrogens (primary N) is 1. The molecule has 0 aliphatic carbocycles. The number of ether oxygens (including phenoxy) is 1. The zero-order chi connectivity index (χ0) is 23.8. The Morgan fingerprint density at radius 2 is 1.33 bits per heavy atom. The highest BCUT2D eigenvalue weighted by atomic mass is 32.2. The summed E-state index contributed by atoms with van der Waals surface area (Å²) in [6, 6.07) is 24.8. The standard InChI is InChI=1S/C27H33NO3S2/c1-19(26(28)25(29)18-31-22-7-5-4-6-8-22)17-27(30,20-9-13-23(32-2)14-10-20)21-11-15-24(33-3)16-12-21/h4-16,19,25-26,29-30H,17-18,28H2,1-3H3/t19?,25-,26?/m0/s1. The summed E-state index contributed by atoms with van der Waals surface area (Å²) in [5, 5.41) is 22.7. The van der Waals surface area contributed by atoms with E-state index >= 15 is 0 Å². The fraction of sp³-hybridized carbons (Fsp3) is 0.333. The summed E-state index contributed by atoms with van der Waals surface area (Å²) in [4.78, 5) is 2.27. The van der Waals surface area contributed by atoms with Gasteiger partial charge in [0.25, 0.3) is 0 Å². The molecule has 3 aromatic rings. The van der Waals surface area contributed by atoms with Crippen molar-refractivity contribution in [1.29, 1.82) is 0 Å². The Morgan fingerprint density at radius 3 is 1.79 bits per heavy atom. The summed E-state index contributed by atoms with van der Waals surface area (Å²) < 4.78 is 5.69. The molecule has 0 aliphatic heterocycles. The number of hydrogen-bond acceptors (Lipinski definition) is 6. The quantitative estimate of drug-likeness (QED) is 0.327. The molecule has 4 nitrogen and oxygen atoms in total.